The lowest BCUT2D eigenvalue weighted by Crippen LogP contribution is -2.22. The molecule has 1 aromatic carbocycles. The second kappa shape index (κ2) is 4.10. The summed E-state index contributed by atoms with van der Waals surface area (Å²) >= 11 is 0. The minimum absolute atomic E-state index is 0.421. The van der Waals surface area contributed by atoms with Crippen molar-refractivity contribution in [2.45, 2.75) is 38.1 Å². The zero-order chi connectivity index (χ0) is 11.0. The van der Waals surface area contributed by atoms with E-state index >= 15 is 0 Å². The van der Waals surface area contributed by atoms with Crippen LogP contribution in [0.5, 0.6) is 5.75 Å². The minimum atomic E-state index is 0.421. The Kier molecular flexibility index (Phi) is 2.60. The molecule has 1 unspecified atom stereocenters. The van der Waals surface area contributed by atoms with Gasteiger partial charge in [0, 0.05) is 12.5 Å². The summed E-state index contributed by atoms with van der Waals surface area (Å²) in [5, 5.41) is 0. The van der Waals surface area contributed by atoms with Crippen LogP contribution >= 0.6 is 0 Å². The average Bonchev–Trinajstić information content (AvgIpc) is 3.04. The standard InChI is InChI=1S/C14H19NO/c15-13(11-3-4-11)5-1-10-2-6-14-12(9-10)7-8-16-14/h2,6,9,11,13H,1,3-5,7-8,15H2. The lowest BCUT2D eigenvalue weighted by molar-refractivity contribution is 0.357. The molecule has 1 atom stereocenters. The van der Waals surface area contributed by atoms with E-state index in [4.69, 9.17) is 10.5 Å². The van der Waals surface area contributed by atoms with Crippen LogP contribution < -0.4 is 10.5 Å². The molecular weight excluding hydrogens is 198 g/mol. The van der Waals surface area contributed by atoms with E-state index in [0.717, 1.165) is 37.5 Å². The Labute approximate surface area is 96.8 Å². The summed E-state index contributed by atoms with van der Waals surface area (Å²) in [6.45, 7) is 0.848. The van der Waals surface area contributed by atoms with E-state index in [1.54, 1.807) is 0 Å². The van der Waals surface area contributed by atoms with E-state index in [1.165, 1.54) is 24.0 Å². The molecule has 86 valence electrons. The van der Waals surface area contributed by atoms with Gasteiger partial charge in [-0.3, -0.25) is 0 Å². The summed E-state index contributed by atoms with van der Waals surface area (Å²) < 4.78 is 5.50. The van der Waals surface area contributed by atoms with Crippen LogP contribution in [0.25, 0.3) is 0 Å². The second-order valence-electron chi connectivity index (χ2n) is 5.08. The molecule has 1 fully saturated rings. The third kappa shape index (κ3) is 2.07. The first-order valence-corrected chi connectivity index (χ1v) is 6.33. The number of aryl methyl sites for hydroxylation is 1. The van der Waals surface area contributed by atoms with Crippen molar-refractivity contribution in [2.75, 3.05) is 6.61 Å². The topological polar surface area (TPSA) is 35.2 Å². The van der Waals surface area contributed by atoms with Gasteiger partial charge < -0.3 is 10.5 Å². The molecule has 3 rings (SSSR count). The van der Waals surface area contributed by atoms with Crippen molar-refractivity contribution in [2.24, 2.45) is 11.7 Å². The number of nitrogens with two attached hydrogens (primary N) is 1. The Morgan fingerprint density at radius 2 is 2.25 bits per heavy atom. The van der Waals surface area contributed by atoms with Crippen molar-refractivity contribution in [3.05, 3.63) is 29.3 Å². The van der Waals surface area contributed by atoms with Crippen LogP contribution in [0.15, 0.2) is 18.2 Å². The van der Waals surface area contributed by atoms with Crippen molar-refractivity contribution in [1.29, 1.82) is 0 Å². The fraction of sp³-hybridized carbons (Fsp3) is 0.571. The van der Waals surface area contributed by atoms with Gasteiger partial charge in [0.05, 0.1) is 6.61 Å². The molecule has 1 aliphatic heterocycles. The summed E-state index contributed by atoms with van der Waals surface area (Å²) in [4.78, 5) is 0. The molecule has 0 spiro atoms. The molecule has 2 heteroatoms. The van der Waals surface area contributed by atoms with Gasteiger partial charge in [-0.1, -0.05) is 12.1 Å². The molecule has 1 saturated carbocycles. The highest BCUT2D eigenvalue weighted by molar-refractivity contribution is 5.39. The van der Waals surface area contributed by atoms with E-state index in [2.05, 4.69) is 18.2 Å². The minimum Gasteiger partial charge on any atom is -0.493 e. The maximum absolute atomic E-state index is 6.11. The van der Waals surface area contributed by atoms with Gasteiger partial charge in [-0.2, -0.15) is 0 Å². The molecular formula is C14H19NO. The molecule has 2 aliphatic rings. The van der Waals surface area contributed by atoms with Crippen LogP contribution in [0.1, 0.15) is 30.4 Å². The van der Waals surface area contributed by atoms with Crippen molar-refractivity contribution in [1.82, 2.24) is 0 Å². The number of hydrogen-bond donors (Lipinski definition) is 1. The number of fused-ring (bicyclic) bond motifs is 1. The highest BCUT2D eigenvalue weighted by atomic mass is 16.5. The Hall–Kier alpha value is -1.02. The Morgan fingerprint density at radius 3 is 3.06 bits per heavy atom. The van der Waals surface area contributed by atoms with E-state index in [-0.39, 0.29) is 0 Å². The smallest absolute Gasteiger partial charge is 0.122 e. The summed E-state index contributed by atoms with van der Waals surface area (Å²) in [6.07, 6.45) is 6.01. The SMILES string of the molecule is NC(CCc1ccc2c(c1)CCO2)C1CC1. The van der Waals surface area contributed by atoms with Gasteiger partial charge in [0.1, 0.15) is 5.75 Å². The molecule has 0 amide bonds. The Balaban J connectivity index is 1.61. The third-order valence-electron chi connectivity index (χ3n) is 3.75. The fourth-order valence-electron chi connectivity index (χ4n) is 2.49. The first-order valence-electron chi connectivity index (χ1n) is 6.33. The van der Waals surface area contributed by atoms with Crippen molar-refractivity contribution in [3.63, 3.8) is 0 Å². The largest absolute Gasteiger partial charge is 0.493 e. The van der Waals surface area contributed by atoms with E-state index < -0.39 is 0 Å². The van der Waals surface area contributed by atoms with E-state index in [0.29, 0.717) is 6.04 Å². The zero-order valence-corrected chi connectivity index (χ0v) is 9.61. The van der Waals surface area contributed by atoms with Gasteiger partial charge >= 0.3 is 0 Å². The lowest BCUT2D eigenvalue weighted by Gasteiger charge is -2.10. The predicted octanol–water partition coefficient (Wildman–Crippen LogP) is 2.29. The van der Waals surface area contributed by atoms with Crippen LogP contribution in [-0.2, 0) is 12.8 Å². The average molecular weight is 217 g/mol. The van der Waals surface area contributed by atoms with Crippen LogP contribution in [0, 0.1) is 5.92 Å². The van der Waals surface area contributed by atoms with Gasteiger partial charge in [0.2, 0.25) is 0 Å². The third-order valence-corrected chi connectivity index (χ3v) is 3.75. The Morgan fingerprint density at radius 1 is 1.38 bits per heavy atom. The van der Waals surface area contributed by atoms with Crippen molar-refractivity contribution < 1.29 is 4.74 Å². The summed E-state index contributed by atoms with van der Waals surface area (Å²) in [7, 11) is 0. The van der Waals surface area contributed by atoms with Crippen LogP contribution in [0.3, 0.4) is 0 Å². The van der Waals surface area contributed by atoms with Crippen LogP contribution in [-0.4, -0.2) is 12.6 Å². The molecule has 0 bridgehead atoms. The van der Waals surface area contributed by atoms with E-state index in [9.17, 15) is 0 Å². The molecule has 0 radical (unpaired) electrons. The molecule has 0 aromatic heterocycles. The van der Waals surface area contributed by atoms with Gasteiger partial charge in [-0.05, 0) is 48.8 Å². The molecule has 1 heterocycles. The molecule has 1 aromatic rings. The summed E-state index contributed by atoms with van der Waals surface area (Å²) in [5.41, 5.74) is 8.90. The zero-order valence-electron chi connectivity index (χ0n) is 9.61. The predicted molar refractivity (Wildman–Crippen MR) is 64.7 cm³/mol. The summed E-state index contributed by atoms with van der Waals surface area (Å²) in [5.74, 6) is 1.90. The number of ether oxygens (including phenoxy) is 1. The maximum Gasteiger partial charge on any atom is 0.122 e. The highest BCUT2D eigenvalue weighted by Crippen LogP contribution is 2.33. The van der Waals surface area contributed by atoms with Gasteiger partial charge in [0.25, 0.3) is 0 Å². The van der Waals surface area contributed by atoms with E-state index in [1.807, 2.05) is 0 Å². The lowest BCUT2D eigenvalue weighted by atomic mass is 10.0. The molecule has 2 nitrogen and oxygen atoms in total. The molecule has 2 N–H and O–H groups in total. The van der Waals surface area contributed by atoms with Crippen LogP contribution in [0.2, 0.25) is 0 Å². The van der Waals surface area contributed by atoms with Gasteiger partial charge in [-0.15, -0.1) is 0 Å². The highest BCUT2D eigenvalue weighted by Gasteiger charge is 2.27. The van der Waals surface area contributed by atoms with Gasteiger partial charge in [-0.25, -0.2) is 0 Å². The molecule has 0 saturated heterocycles. The number of rotatable bonds is 4. The van der Waals surface area contributed by atoms with Crippen LogP contribution in [0.4, 0.5) is 0 Å². The monoisotopic (exact) mass is 217 g/mol. The number of benzene rings is 1. The Bertz CT molecular complexity index is 384. The first-order chi connectivity index (χ1) is 7.83. The quantitative estimate of drug-likeness (QED) is 0.840. The molecule has 16 heavy (non-hydrogen) atoms. The second-order valence-corrected chi connectivity index (χ2v) is 5.08. The first kappa shape index (κ1) is 10.2. The fourth-order valence-corrected chi connectivity index (χ4v) is 2.49. The summed E-state index contributed by atoms with van der Waals surface area (Å²) in [6, 6.07) is 7.01. The maximum atomic E-state index is 6.11. The van der Waals surface area contributed by atoms with Crippen molar-refractivity contribution >= 4 is 0 Å². The number of hydrogen-bond acceptors (Lipinski definition) is 2. The normalized spacial score (nSPS) is 20.3. The van der Waals surface area contributed by atoms with Crippen molar-refractivity contribution in [3.8, 4) is 5.75 Å². The molecule has 1 aliphatic carbocycles. The van der Waals surface area contributed by atoms with Gasteiger partial charge in [0.15, 0.2) is 0 Å².